The third-order valence-corrected chi connectivity index (χ3v) is 10.4. The Hall–Kier alpha value is -2.65. The van der Waals surface area contributed by atoms with Crippen LogP contribution in [0.25, 0.3) is 0 Å². The fourth-order valence-corrected chi connectivity index (χ4v) is 8.52. The minimum Gasteiger partial charge on any atom is -0.189 e. The van der Waals surface area contributed by atoms with Gasteiger partial charge in [0.05, 0.1) is 5.02 Å². The third kappa shape index (κ3) is 4.38. The van der Waals surface area contributed by atoms with Crippen LogP contribution < -0.4 is 15.9 Å². The fraction of sp³-hybridized carbons (Fsp3) is 0. The molecule has 0 heterocycles. The Bertz CT molecular complexity index is 1250. The normalized spacial score (nSPS) is 11.8. The Morgan fingerprint density at radius 1 is 0.677 bits per heavy atom. The number of rotatable bonds is 5. The summed E-state index contributed by atoms with van der Waals surface area (Å²) in [7, 11) is -4.95. The second-order valence-corrected chi connectivity index (χ2v) is 12.0. The van der Waals surface area contributed by atoms with Crippen LogP contribution in [0.3, 0.4) is 0 Å². The van der Waals surface area contributed by atoms with E-state index >= 15 is 0 Å². The Morgan fingerprint density at radius 2 is 1.10 bits per heavy atom. The van der Waals surface area contributed by atoms with E-state index in [-0.39, 0.29) is 5.02 Å². The Kier molecular flexibility index (Phi) is 6.15. The van der Waals surface area contributed by atoms with Gasteiger partial charge in [-0.05, 0) is 46.3 Å². The summed E-state index contributed by atoms with van der Waals surface area (Å²) in [5.41, 5.74) is 0.588. The van der Waals surface area contributed by atoms with Crippen LogP contribution >= 0.6 is 18.5 Å². The van der Waals surface area contributed by atoms with Crippen LogP contribution in [-0.4, -0.2) is 14.2 Å². The van der Waals surface area contributed by atoms with Gasteiger partial charge in [0, 0.05) is 0 Å². The molecule has 0 aromatic heterocycles. The maximum Gasteiger partial charge on any atom is 0.333 e. The summed E-state index contributed by atoms with van der Waals surface area (Å²) < 4.78 is 37.1. The first-order chi connectivity index (χ1) is 14.9. The van der Waals surface area contributed by atoms with Gasteiger partial charge in [-0.15, -0.1) is 3.89 Å². The van der Waals surface area contributed by atoms with Crippen LogP contribution in [0.2, 0.25) is 5.02 Å². The van der Waals surface area contributed by atoms with E-state index in [2.05, 4.69) is 42.2 Å². The highest BCUT2D eigenvalue weighted by molar-refractivity contribution is 7.94. The molecule has 4 rings (SSSR count). The maximum absolute atomic E-state index is 13.8. The number of hydrogen-bond donors (Lipinski definition) is 0. The van der Waals surface area contributed by atoms with E-state index in [1.807, 2.05) is 54.6 Å². The van der Waals surface area contributed by atoms with Gasteiger partial charge in [-0.3, -0.25) is 0 Å². The van der Waals surface area contributed by atoms with E-state index in [0.29, 0.717) is 5.56 Å². The molecule has 0 aliphatic rings. The summed E-state index contributed by atoms with van der Waals surface area (Å²) in [4.78, 5) is -0.518. The van der Waals surface area contributed by atoms with Crippen molar-refractivity contribution in [2.75, 3.05) is 0 Å². The highest BCUT2D eigenvalue weighted by Gasteiger charge is 2.25. The molecule has 0 radical (unpaired) electrons. The Morgan fingerprint density at radius 3 is 1.48 bits per heavy atom. The summed E-state index contributed by atoms with van der Waals surface area (Å²) >= 11 is 5.98. The third-order valence-electron chi connectivity index (χ3n) is 5.05. The smallest absolute Gasteiger partial charge is 0.189 e. The first kappa shape index (κ1) is 21.6. The molecule has 31 heavy (non-hydrogen) atoms. The zero-order valence-corrected chi connectivity index (χ0v) is 18.9. The lowest BCUT2D eigenvalue weighted by molar-refractivity contribution is 0.552. The molecule has 0 fully saturated rings. The van der Waals surface area contributed by atoms with Crippen molar-refractivity contribution in [1.29, 1.82) is 0 Å². The van der Waals surface area contributed by atoms with Gasteiger partial charge in [-0.2, -0.15) is 8.42 Å². The van der Waals surface area contributed by atoms with E-state index in [1.54, 1.807) is 6.07 Å². The van der Waals surface area contributed by atoms with Gasteiger partial charge in [0.1, 0.15) is 4.90 Å². The molecule has 4 aromatic carbocycles. The molecule has 0 amide bonds. The monoisotopic (exact) mass is 468 g/mol. The van der Waals surface area contributed by atoms with Gasteiger partial charge >= 0.3 is 10.2 Å². The fourth-order valence-electron chi connectivity index (χ4n) is 3.67. The molecular weight excluding hydrogens is 450 g/mol. The average molecular weight is 469 g/mol. The molecule has 0 aliphatic carbocycles. The van der Waals surface area contributed by atoms with E-state index in [4.69, 9.17) is 11.6 Å². The summed E-state index contributed by atoms with van der Waals surface area (Å²) in [6.45, 7) is -2.35. The zero-order valence-electron chi connectivity index (χ0n) is 16.4. The van der Waals surface area contributed by atoms with Crippen molar-refractivity contribution in [3.63, 3.8) is 0 Å². The first-order valence-corrected chi connectivity index (χ1v) is 13.2. The summed E-state index contributed by atoms with van der Waals surface area (Å²) in [5, 5.41) is 3.17. The van der Waals surface area contributed by atoms with Gasteiger partial charge in [-0.1, -0.05) is 109 Å². The van der Waals surface area contributed by atoms with Crippen LogP contribution in [0.4, 0.5) is 3.89 Å². The van der Waals surface area contributed by atoms with Crippen molar-refractivity contribution >= 4 is 50.4 Å². The topological polar surface area (TPSA) is 34.1 Å². The lowest BCUT2D eigenvalue weighted by Gasteiger charge is -2.29. The second kappa shape index (κ2) is 8.84. The standard InChI is InChI=1S/C25H19ClFO2PS/c26-24-17-16-20(18-25(24)31(27,28)29)19-30(21-10-4-1-5-11-21,22-12-6-2-7-13-22)23-14-8-3-9-15-23/h1-19H. The van der Waals surface area contributed by atoms with Crippen LogP contribution in [0.5, 0.6) is 0 Å². The second-order valence-electron chi connectivity index (χ2n) is 6.99. The van der Waals surface area contributed by atoms with E-state index in [0.717, 1.165) is 15.9 Å². The van der Waals surface area contributed by atoms with Crippen molar-refractivity contribution in [3.05, 3.63) is 120 Å². The SMILES string of the molecule is O=S(=O)(F)c1cc(C=P(c2ccccc2)(c2ccccc2)c2ccccc2)ccc1Cl. The molecule has 0 saturated heterocycles. The average Bonchev–Trinajstić information content (AvgIpc) is 2.79. The molecule has 0 aliphatic heterocycles. The lowest BCUT2D eigenvalue weighted by Crippen LogP contribution is -2.27. The number of benzene rings is 4. The van der Waals surface area contributed by atoms with Crippen molar-refractivity contribution in [2.45, 2.75) is 4.90 Å². The highest BCUT2D eigenvalue weighted by atomic mass is 35.5. The lowest BCUT2D eigenvalue weighted by atomic mass is 10.2. The van der Waals surface area contributed by atoms with Gasteiger partial charge in [0.25, 0.3) is 0 Å². The van der Waals surface area contributed by atoms with Crippen LogP contribution in [0.1, 0.15) is 5.56 Å². The molecule has 0 unspecified atom stereocenters. The van der Waals surface area contributed by atoms with Crippen LogP contribution in [0.15, 0.2) is 114 Å². The molecule has 4 aromatic rings. The molecule has 6 heteroatoms. The van der Waals surface area contributed by atoms with Crippen LogP contribution in [-0.2, 0) is 10.2 Å². The molecule has 0 saturated carbocycles. The molecule has 2 nitrogen and oxygen atoms in total. The van der Waals surface area contributed by atoms with Gasteiger partial charge in [0.15, 0.2) is 0 Å². The number of hydrogen-bond acceptors (Lipinski definition) is 2. The maximum atomic E-state index is 13.8. The minimum absolute atomic E-state index is 0.136. The van der Waals surface area contributed by atoms with E-state index in [9.17, 15) is 12.3 Å². The molecule has 0 bridgehead atoms. The van der Waals surface area contributed by atoms with Crippen molar-refractivity contribution in [2.24, 2.45) is 0 Å². The summed E-state index contributed by atoms with van der Waals surface area (Å²) in [6.07, 6.45) is 0. The Labute approximate surface area is 187 Å². The minimum atomic E-state index is -4.95. The van der Waals surface area contributed by atoms with Crippen molar-refractivity contribution < 1.29 is 12.3 Å². The Balaban J connectivity index is 2.14. The van der Waals surface area contributed by atoms with Crippen LogP contribution in [0, 0.1) is 0 Å². The predicted molar refractivity (Wildman–Crippen MR) is 130 cm³/mol. The van der Waals surface area contributed by atoms with E-state index < -0.39 is 22.0 Å². The first-order valence-electron chi connectivity index (χ1n) is 9.57. The van der Waals surface area contributed by atoms with Crippen molar-refractivity contribution in [3.8, 4) is 0 Å². The van der Waals surface area contributed by atoms with Gasteiger partial charge in [-0.25, -0.2) is 0 Å². The van der Waals surface area contributed by atoms with Gasteiger partial charge in [0.2, 0.25) is 0 Å². The quantitative estimate of drug-likeness (QED) is 0.300. The van der Waals surface area contributed by atoms with E-state index in [1.165, 1.54) is 12.1 Å². The summed E-state index contributed by atoms with van der Waals surface area (Å²) in [5.74, 6) is 2.07. The molecule has 156 valence electrons. The molecular formula is C25H19ClFO2PS. The predicted octanol–water partition coefficient (Wildman–Crippen LogP) is 5.14. The van der Waals surface area contributed by atoms with Crippen molar-refractivity contribution in [1.82, 2.24) is 0 Å². The zero-order chi connectivity index (χ0) is 21.9. The van der Waals surface area contributed by atoms with Gasteiger partial charge < -0.3 is 0 Å². The summed E-state index contributed by atoms with van der Waals surface area (Å²) in [6, 6.07) is 34.7. The molecule has 0 N–H and O–H groups in total. The largest absolute Gasteiger partial charge is 0.333 e. The molecule has 0 atom stereocenters. The highest BCUT2D eigenvalue weighted by Crippen LogP contribution is 2.44. The number of halogens is 2. The molecule has 0 spiro atoms.